The zero-order valence-electron chi connectivity index (χ0n) is 21.5. The molecule has 1 saturated heterocycles. The van der Waals surface area contributed by atoms with Gasteiger partial charge in [0.2, 0.25) is 5.92 Å². The normalized spacial score (nSPS) is 28.8. The van der Waals surface area contributed by atoms with E-state index in [4.69, 9.17) is 5.73 Å². The van der Waals surface area contributed by atoms with Gasteiger partial charge in [-0.05, 0) is 61.6 Å². The van der Waals surface area contributed by atoms with Gasteiger partial charge in [0.1, 0.15) is 5.82 Å². The number of nitrogens with one attached hydrogen (secondary N) is 1. The van der Waals surface area contributed by atoms with Crippen LogP contribution in [-0.2, 0) is 0 Å². The molecule has 3 fully saturated rings. The summed E-state index contributed by atoms with van der Waals surface area (Å²) < 4.78 is 27.2. The smallest absolute Gasteiger partial charge is 0.255 e. The topological polar surface area (TPSA) is 91.5 Å². The van der Waals surface area contributed by atoms with Gasteiger partial charge in [0.05, 0.1) is 11.7 Å². The van der Waals surface area contributed by atoms with Crippen LogP contribution in [0.3, 0.4) is 0 Å². The summed E-state index contributed by atoms with van der Waals surface area (Å²) in [5.41, 5.74) is 9.46. The number of halogens is 2. The van der Waals surface area contributed by atoms with Gasteiger partial charge in [-0.15, -0.1) is 0 Å². The number of hydrogen-bond acceptors (Lipinski definition) is 5. The Balaban J connectivity index is 1.24. The lowest BCUT2D eigenvalue weighted by molar-refractivity contribution is -0.0518. The van der Waals surface area contributed by atoms with Crippen LogP contribution in [0, 0.1) is 5.92 Å². The molecule has 0 spiro atoms. The fourth-order valence-electron chi connectivity index (χ4n) is 6.35. The number of nitrogen functional groups attached to an aromatic ring is 1. The maximum Gasteiger partial charge on any atom is 0.255 e. The molecule has 1 aliphatic heterocycles. The first-order chi connectivity index (χ1) is 17.7. The number of likely N-dealkylation sites (tertiary alicyclic amines) is 1. The zero-order chi connectivity index (χ0) is 26.2. The first kappa shape index (κ1) is 26.0. The molecule has 1 aromatic heterocycles. The van der Waals surface area contributed by atoms with Gasteiger partial charge >= 0.3 is 0 Å². The predicted octanol–water partition coefficient (Wildman–Crippen LogP) is 4.98. The van der Waals surface area contributed by atoms with E-state index in [-0.39, 0.29) is 42.8 Å². The van der Waals surface area contributed by atoms with Crippen molar-refractivity contribution in [1.82, 2.24) is 15.2 Å². The second-order valence-corrected chi connectivity index (χ2v) is 11.4. The summed E-state index contributed by atoms with van der Waals surface area (Å²) in [7, 11) is 0. The first-order valence-corrected chi connectivity index (χ1v) is 13.6. The first-order valence-electron chi connectivity index (χ1n) is 13.6. The number of nitrogens with two attached hydrogens (primary N) is 1. The monoisotopic (exact) mass is 512 g/mol. The molecule has 2 saturated carbocycles. The molecular formula is C29H38F2N4O2. The molecule has 2 aliphatic carbocycles. The van der Waals surface area contributed by atoms with Gasteiger partial charge < -0.3 is 16.2 Å². The molecule has 37 heavy (non-hydrogen) atoms. The Bertz CT molecular complexity index is 1090. The van der Waals surface area contributed by atoms with E-state index in [1.165, 1.54) is 5.56 Å². The Hall–Kier alpha value is -2.58. The fraction of sp³-hybridized carbons (Fsp3) is 0.586. The summed E-state index contributed by atoms with van der Waals surface area (Å²) in [4.78, 5) is 19.6. The average molecular weight is 513 g/mol. The second kappa shape index (κ2) is 10.7. The van der Waals surface area contributed by atoms with E-state index in [0.29, 0.717) is 43.1 Å². The van der Waals surface area contributed by atoms with Crippen LogP contribution in [0.4, 0.5) is 14.6 Å². The van der Waals surface area contributed by atoms with Crippen molar-refractivity contribution in [1.29, 1.82) is 0 Å². The van der Waals surface area contributed by atoms with Crippen LogP contribution in [0.1, 0.15) is 80.1 Å². The number of benzene rings is 1. The van der Waals surface area contributed by atoms with Crippen LogP contribution in [0.5, 0.6) is 0 Å². The average Bonchev–Trinajstić information content (AvgIpc) is 3.27. The second-order valence-electron chi connectivity index (χ2n) is 11.4. The van der Waals surface area contributed by atoms with E-state index in [1.54, 1.807) is 12.3 Å². The van der Waals surface area contributed by atoms with Gasteiger partial charge in [0.25, 0.3) is 5.91 Å². The van der Waals surface area contributed by atoms with Gasteiger partial charge in [0, 0.05) is 55.7 Å². The van der Waals surface area contributed by atoms with Gasteiger partial charge in [-0.2, -0.15) is 0 Å². The van der Waals surface area contributed by atoms with Crippen LogP contribution in [0.15, 0.2) is 36.5 Å². The third kappa shape index (κ3) is 5.96. The van der Waals surface area contributed by atoms with Crippen LogP contribution in [0.2, 0.25) is 0 Å². The summed E-state index contributed by atoms with van der Waals surface area (Å²) >= 11 is 0. The van der Waals surface area contributed by atoms with E-state index >= 15 is 0 Å². The lowest BCUT2D eigenvalue weighted by Crippen LogP contribution is -2.39. The number of carbonyl (C=O) groups excluding carboxylic acids is 1. The van der Waals surface area contributed by atoms with Crippen molar-refractivity contribution >= 4 is 11.7 Å². The Kier molecular flexibility index (Phi) is 7.50. The van der Waals surface area contributed by atoms with Gasteiger partial charge in [-0.3, -0.25) is 9.69 Å². The van der Waals surface area contributed by atoms with Crippen LogP contribution in [-0.4, -0.2) is 58.1 Å². The Morgan fingerprint density at radius 1 is 1.05 bits per heavy atom. The maximum absolute atomic E-state index is 13.6. The fourth-order valence-corrected chi connectivity index (χ4v) is 6.35. The third-order valence-electron chi connectivity index (χ3n) is 8.71. The molecule has 0 unspecified atom stereocenters. The summed E-state index contributed by atoms with van der Waals surface area (Å²) in [5, 5.41) is 12.8. The largest absolute Gasteiger partial charge is 0.393 e. The Labute approximate surface area is 217 Å². The molecule has 4 N–H and O–H groups in total. The lowest BCUT2D eigenvalue weighted by Gasteiger charge is -2.34. The molecule has 1 aromatic carbocycles. The van der Waals surface area contributed by atoms with Crippen molar-refractivity contribution in [3.05, 3.63) is 47.7 Å². The van der Waals surface area contributed by atoms with Crippen LogP contribution >= 0.6 is 0 Å². The molecule has 200 valence electrons. The Morgan fingerprint density at radius 3 is 2.41 bits per heavy atom. The van der Waals surface area contributed by atoms with Crippen molar-refractivity contribution in [2.24, 2.45) is 5.92 Å². The number of nitrogens with zero attached hydrogens (tertiary/aromatic N) is 2. The molecule has 8 heteroatoms. The number of aromatic nitrogens is 1. The molecule has 0 radical (unpaired) electrons. The molecule has 3 aliphatic rings. The van der Waals surface area contributed by atoms with E-state index in [1.807, 2.05) is 0 Å². The minimum Gasteiger partial charge on any atom is -0.393 e. The number of aliphatic hydroxyl groups excluding tert-OH is 1. The number of amides is 1. The number of aliphatic hydroxyl groups is 1. The number of hydrogen-bond donors (Lipinski definition) is 3. The van der Waals surface area contributed by atoms with Crippen molar-refractivity contribution in [2.75, 3.05) is 18.8 Å². The molecule has 2 heterocycles. The lowest BCUT2D eigenvalue weighted by atomic mass is 9.89. The van der Waals surface area contributed by atoms with Crippen molar-refractivity contribution in [3.63, 3.8) is 0 Å². The number of anilines is 1. The SMILES string of the molecule is C[C@@H]1CN(C2CCC(F)(F)CC2)C[C@H]1c1ccc(-c2cnc(N)c(C(=O)N[C@H]3CC[C@H](O)CC3)c2)cc1. The predicted molar refractivity (Wildman–Crippen MR) is 140 cm³/mol. The number of carbonyl (C=O) groups is 1. The van der Waals surface area contributed by atoms with E-state index in [2.05, 4.69) is 46.4 Å². The molecule has 0 bridgehead atoms. The molecule has 6 nitrogen and oxygen atoms in total. The summed E-state index contributed by atoms with van der Waals surface area (Å²) in [6, 6.07) is 10.5. The minimum atomic E-state index is -2.49. The maximum atomic E-state index is 13.6. The highest BCUT2D eigenvalue weighted by Gasteiger charge is 2.40. The van der Waals surface area contributed by atoms with Gasteiger partial charge in [-0.1, -0.05) is 31.2 Å². The quantitative estimate of drug-likeness (QED) is 0.526. The van der Waals surface area contributed by atoms with E-state index in [0.717, 1.165) is 37.1 Å². The van der Waals surface area contributed by atoms with Crippen molar-refractivity contribution in [3.8, 4) is 11.1 Å². The van der Waals surface area contributed by atoms with Crippen LogP contribution in [0.25, 0.3) is 11.1 Å². The molecule has 5 rings (SSSR count). The summed E-state index contributed by atoms with van der Waals surface area (Å²) in [6.07, 6.45) is 5.47. The number of rotatable bonds is 5. The van der Waals surface area contributed by atoms with Crippen LogP contribution < -0.4 is 11.1 Å². The zero-order valence-corrected chi connectivity index (χ0v) is 21.5. The van der Waals surface area contributed by atoms with Gasteiger partial charge in [0.15, 0.2) is 0 Å². The third-order valence-corrected chi connectivity index (χ3v) is 8.71. The summed E-state index contributed by atoms with van der Waals surface area (Å²) in [5.74, 6) is -1.69. The standard InChI is InChI=1S/C29H38F2N4O2/c1-18-16-35(23-10-12-29(30,31)13-11-23)17-26(18)20-4-2-19(3-5-20)21-14-25(27(32)33-15-21)28(37)34-22-6-8-24(36)9-7-22/h2-5,14-15,18,22-24,26,36H,6-13,16-17H2,1H3,(H2,32,33)(H,34,37)/t18-,22-,24-,26-/m1/s1. The highest BCUT2D eigenvalue weighted by molar-refractivity contribution is 5.99. The van der Waals surface area contributed by atoms with Crippen molar-refractivity contribution in [2.45, 2.75) is 88.3 Å². The molecule has 1 amide bonds. The highest BCUT2D eigenvalue weighted by Crippen LogP contribution is 2.40. The molecule has 2 atom stereocenters. The molecule has 2 aromatic rings. The molecular weight excluding hydrogens is 474 g/mol. The van der Waals surface area contributed by atoms with E-state index < -0.39 is 5.92 Å². The summed E-state index contributed by atoms with van der Waals surface area (Å²) in [6.45, 7) is 4.10. The minimum absolute atomic E-state index is 0.00132. The highest BCUT2D eigenvalue weighted by atomic mass is 19.3. The Morgan fingerprint density at radius 2 is 1.73 bits per heavy atom. The number of pyridine rings is 1. The van der Waals surface area contributed by atoms with Crippen molar-refractivity contribution < 1.29 is 18.7 Å². The van der Waals surface area contributed by atoms with E-state index in [9.17, 15) is 18.7 Å². The van der Waals surface area contributed by atoms with Gasteiger partial charge in [-0.25, -0.2) is 13.8 Å². The number of alkyl halides is 2.